The van der Waals surface area contributed by atoms with Gasteiger partial charge in [0.2, 0.25) is 5.91 Å². The Morgan fingerprint density at radius 2 is 2.15 bits per heavy atom. The van der Waals surface area contributed by atoms with E-state index < -0.39 is 0 Å². The number of nitrogens with one attached hydrogen (secondary N) is 1. The minimum Gasteiger partial charge on any atom is -0.394 e. The zero-order valence-corrected chi connectivity index (χ0v) is 12.6. The minimum absolute atomic E-state index is 0.0288. The van der Waals surface area contributed by atoms with Crippen LogP contribution >= 0.6 is 11.6 Å². The number of aliphatic hydroxyl groups is 1. The Balaban J connectivity index is 2.15. The normalized spacial score (nSPS) is 18.8. The molecule has 20 heavy (non-hydrogen) atoms. The number of carbonyl (C=O) groups excluding carboxylic acids is 1. The molecule has 1 aliphatic carbocycles. The summed E-state index contributed by atoms with van der Waals surface area (Å²) in [6, 6.07) is 7.54. The van der Waals surface area contributed by atoms with Crippen molar-refractivity contribution in [3.8, 4) is 0 Å². The van der Waals surface area contributed by atoms with E-state index in [4.69, 9.17) is 16.7 Å². The lowest BCUT2D eigenvalue weighted by molar-refractivity contribution is -0.131. The Morgan fingerprint density at radius 1 is 1.45 bits per heavy atom. The standard InChI is InChI=1S/C16H22ClNO2/c1-12(11-19)18-15(20)16(7-2-3-8-16)10-13-5-4-6-14(17)9-13/h4-6,9,12,19H,2-3,7-8,10-11H2,1H3,(H,18,20). The van der Waals surface area contributed by atoms with Crippen LogP contribution in [0.1, 0.15) is 38.2 Å². The lowest BCUT2D eigenvalue weighted by atomic mass is 9.79. The highest BCUT2D eigenvalue weighted by molar-refractivity contribution is 6.30. The van der Waals surface area contributed by atoms with E-state index in [2.05, 4.69) is 5.32 Å². The number of rotatable bonds is 5. The van der Waals surface area contributed by atoms with Crippen LogP contribution in [0.4, 0.5) is 0 Å². The van der Waals surface area contributed by atoms with Crippen LogP contribution in [0.2, 0.25) is 5.02 Å². The average Bonchev–Trinajstić information content (AvgIpc) is 2.88. The number of amides is 1. The molecule has 1 aliphatic rings. The summed E-state index contributed by atoms with van der Waals surface area (Å²) in [7, 11) is 0. The number of hydrogen-bond acceptors (Lipinski definition) is 2. The molecule has 0 saturated heterocycles. The lowest BCUT2D eigenvalue weighted by Gasteiger charge is -2.29. The first-order valence-electron chi connectivity index (χ1n) is 7.22. The van der Waals surface area contributed by atoms with Gasteiger partial charge >= 0.3 is 0 Å². The number of benzene rings is 1. The van der Waals surface area contributed by atoms with Gasteiger partial charge in [-0.05, 0) is 43.9 Å². The van der Waals surface area contributed by atoms with Crippen molar-refractivity contribution in [2.24, 2.45) is 5.41 Å². The number of aliphatic hydroxyl groups excluding tert-OH is 1. The van der Waals surface area contributed by atoms with Crippen molar-refractivity contribution in [3.05, 3.63) is 34.9 Å². The van der Waals surface area contributed by atoms with Crippen LogP contribution in [-0.2, 0) is 11.2 Å². The third-order valence-corrected chi connectivity index (χ3v) is 4.36. The zero-order chi connectivity index (χ0) is 14.6. The Hall–Kier alpha value is -1.06. The van der Waals surface area contributed by atoms with Gasteiger partial charge in [0.25, 0.3) is 0 Å². The summed E-state index contributed by atoms with van der Waals surface area (Å²) >= 11 is 6.03. The predicted octanol–water partition coefficient (Wildman–Crippen LogP) is 2.94. The van der Waals surface area contributed by atoms with Gasteiger partial charge in [0, 0.05) is 11.1 Å². The molecule has 0 heterocycles. The number of carbonyl (C=O) groups is 1. The number of halogens is 1. The summed E-state index contributed by atoms with van der Waals surface area (Å²) in [5.74, 6) is 0.0662. The maximum Gasteiger partial charge on any atom is 0.226 e. The highest BCUT2D eigenvalue weighted by Crippen LogP contribution is 2.41. The topological polar surface area (TPSA) is 49.3 Å². The summed E-state index contributed by atoms with van der Waals surface area (Å²) in [6.45, 7) is 1.79. The molecule has 2 N–H and O–H groups in total. The van der Waals surface area contributed by atoms with Crippen molar-refractivity contribution in [1.82, 2.24) is 5.32 Å². The van der Waals surface area contributed by atoms with Crippen LogP contribution < -0.4 is 5.32 Å². The Morgan fingerprint density at radius 3 is 2.75 bits per heavy atom. The second kappa shape index (κ2) is 6.59. The van der Waals surface area contributed by atoms with Crippen molar-refractivity contribution in [1.29, 1.82) is 0 Å². The Labute approximate surface area is 125 Å². The highest BCUT2D eigenvalue weighted by atomic mass is 35.5. The molecule has 1 aromatic carbocycles. The summed E-state index contributed by atoms with van der Waals surface area (Å²) in [5.41, 5.74) is 0.764. The molecule has 110 valence electrons. The van der Waals surface area contributed by atoms with Gasteiger partial charge in [-0.25, -0.2) is 0 Å². The molecule has 1 atom stereocenters. The van der Waals surface area contributed by atoms with Crippen LogP contribution in [-0.4, -0.2) is 23.7 Å². The van der Waals surface area contributed by atoms with Gasteiger partial charge in [-0.2, -0.15) is 0 Å². The van der Waals surface area contributed by atoms with Gasteiger partial charge in [-0.3, -0.25) is 4.79 Å². The highest BCUT2D eigenvalue weighted by Gasteiger charge is 2.41. The van der Waals surface area contributed by atoms with Crippen LogP contribution in [0.25, 0.3) is 0 Å². The minimum atomic E-state index is -0.339. The average molecular weight is 296 g/mol. The second-order valence-electron chi connectivity index (χ2n) is 5.85. The second-order valence-corrected chi connectivity index (χ2v) is 6.29. The van der Waals surface area contributed by atoms with Crippen molar-refractivity contribution < 1.29 is 9.90 Å². The third-order valence-electron chi connectivity index (χ3n) is 4.13. The largest absolute Gasteiger partial charge is 0.394 e. The number of hydrogen-bond donors (Lipinski definition) is 2. The monoisotopic (exact) mass is 295 g/mol. The fourth-order valence-corrected chi connectivity index (χ4v) is 3.21. The van der Waals surface area contributed by atoms with Crippen molar-refractivity contribution >= 4 is 17.5 Å². The molecule has 0 aliphatic heterocycles. The molecule has 0 bridgehead atoms. The van der Waals surface area contributed by atoms with E-state index >= 15 is 0 Å². The molecule has 2 rings (SSSR count). The van der Waals surface area contributed by atoms with E-state index in [0.717, 1.165) is 37.7 Å². The molecule has 3 nitrogen and oxygen atoms in total. The Kier molecular flexibility index (Phi) is 5.06. The van der Waals surface area contributed by atoms with Gasteiger partial charge in [0.15, 0.2) is 0 Å². The first kappa shape index (κ1) is 15.3. The molecule has 0 aromatic heterocycles. The SMILES string of the molecule is CC(CO)NC(=O)C1(Cc2cccc(Cl)c2)CCCC1. The third kappa shape index (κ3) is 3.53. The molecule has 4 heteroatoms. The van der Waals surface area contributed by atoms with E-state index in [1.54, 1.807) is 0 Å². The summed E-state index contributed by atoms with van der Waals surface area (Å²) in [6.07, 6.45) is 4.70. The molecule has 1 saturated carbocycles. The summed E-state index contributed by atoms with van der Waals surface area (Å²) in [4.78, 5) is 12.6. The van der Waals surface area contributed by atoms with E-state index in [-0.39, 0.29) is 24.0 Å². The molecule has 1 unspecified atom stereocenters. The molecular weight excluding hydrogens is 274 g/mol. The van der Waals surface area contributed by atoms with Crippen molar-refractivity contribution in [2.45, 2.75) is 45.1 Å². The zero-order valence-electron chi connectivity index (χ0n) is 11.9. The molecule has 0 radical (unpaired) electrons. The van der Waals surface area contributed by atoms with Crippen molar-refractivity contribution in [3.63, 3.8) is 0 Å². The first-order chi connectivity index (χ1) is 9.55. The van der Waals surface area contributed by atoms with Crippen LogP contribution in [0.5, 0.6) is 0 Å². The fraction of sp³-hybridized carbons (Fsp3) is 0.562. The van der Waals surface area contributed by atoms with Gasteiger partial charge < -0.3 is 10.4 Å². The smallest absolute Gasteiger partial charge is 0.226 e. The van der Waals surface area contributed by atoms with E-state index in [1.165, 1.54) is 0 Å². The van der Waals surface area contributed by atoms with E-state index in [9.17, 15) is 4.79 Å². The lowest BCUT2D eigenvalue weighted by Crippen LogP contribution is -2.45. The summed E-state index contributed by atoms with van der Waals surface area (Å²) in [5, 5.41) is 12.7. The molecule has 1 fully saturated rings. The quantitative estimate of drug-likeness (QED) is 0.877. The fourth-order valence-electron chi connectivity index (χ4n) is 3.00. The molecule has 1 aromatic rings. The van der Waals surface area contributed by atoms with E-state index in [1.807, 2.05) is 31.2 Å². The van der Waals surface area contributed by atoms with Crippen LogP contribution in [0, 0.1) is 5.41 Å². The van der Waals surface area contributed by atoms with E-state index in [0.29, 0.717) is 5.02 Å². The van der Waals surface area contributed by atoms with Gasteiger partial charge in [0.05, 0.1) is 12.0 Å². The first-order valence-corrected chi connectivity index (χ1v) is 7.60. The summed E-state index contributed by atoms with van der Waals surface area (Å²) < 4.78 is 0. The van der Waals surface area contributed by atoms with Crippen molar-refractivity contribution in [2.75, 3.05) is 6.61 Å². The Bertz CT molecular complexity index is 469. The molecule has 1 amide bonds. The van der Waals surface area contributed by atoms with Gasteiger partial charge in [-0.15, -0.1) is 0 Å². The molecule has 0 spiro atoms. The van der Waals surface area contributed by atoms with Crippen LogP contribution in [0.3, 0.4) is 0 Å². The van der Waals surface area contributed by atoms with Gasteiger partial charge in [-0.1, -0.05) is 36.6 Å². The molecular formula is C16H22ClNO2. The predicted molar refractivity (Wildman–Crippen MR) is 80.7 cm³/mol. The maximum absolute atomic E-state index is 12.6. The van der Waals surface area contributed by atoms with Gasteiger partial charge in [0.1, 0.15) is 0 Å². The van der Waals surface area contributed by atoms with Crippen LogP contribution in [0.15, 0.2) is 24.3 Å². The maximum atomic E-state index is 12.6.